The Bertz CT molecular complexity index is 3860. The second-order valence-corrected chi connectivity index (χ2v) is 29.0. The van der Waals surface area contributed by atoms with Crippen LogP contribution >= 0.6 is 0 Å². The van der Waals surface area contributed by atoms with Crippen LogP contribution in [0.1, 0.15) is 185 Å². The zero-order valence-corrected chi connectivity index (χ0v) is 57.4. The van der Waals surface area contributed by atoms with E-state index in [2.05, 4.69) is 307 Å². The first-order valence-electron chi connectivity index (χ1n) is 33.1. The number of phenols is 2. The molecule has 10 aromatic rings. The Labute approximate surface area is 545 Å². The lowest BCUT2D eigenvalue weighted by atomic mass is 9.81. The van der Waals surface area contributed by atoms with E-state index >= 15 is 0 Å². The summed E-state index contributed by atoms with van der Waals surface area (Å²) in [6.07, 6.45) is -0.0480. The predicted octanol–water partition coefficient (Wildman–Crippen LogP) is 24.8. The maximum atomic E-state index is 13.0. The molecule has 0 aliphatic heterocycles. The van der Waals surface area contributed by atoms with Crippen molar-refractivity contribution >= 4 is 0 Å². The van der Waals surface area contributed by atoms with Crippen LogP contribution in [0.3, 0.4) is 0 Å². The van der Waals surface area contributed by atoms with Crippen molar-refractivity contribution in [3.05, 3.63) is 239 Å². The number of hydrogen-bond acceptors (Lipinski definition) is 4. The monoisotopic (exact) mass is 1200 g/mol. The fourth-order valence-corrected chi connectivity index (χ4v) is 13.1. The third-order valence-electron chi connectivity index (χ3n) is 18.2. The average Bonchev–Trinajstić information content (AvgIpc) is 0.954. The fourth-order valence-electron chi connectivity index (χ4n) is 13.1. The zero-order valence-electron chi connectivity index (χ0n) is 57.4. The van der Waals surface area contributed by atoms with E-state index in [1.54, 1.807) is 0 Å². The summed E-state index contributed by atoms with van der Waals surface area (Å²) in [6, 6.07) is 69.9. The lowest BCUT2D eigenvalue weighted by molar-refractivity contribution is 0.131. The van der Waals surface area contributed by atoms with Crippen molar-refractivity contribution < 1.29 is 19.7 Å². The Balaban J connectivity index is 1.02. The van der Waals surface area contributed by atoms with Gasteiger partial charge in [-0.05, 0) is 236 Å². The minimum Gasteiger partial charge on any atom is -0.507 e. The van der Waals surface area contributed by atoms with Crippen LogP contribution in [0.5, 0.6) is 23.0 Å². The Hall–Kier alpha value is -8.60. The number of rotatable bonds is 18. The van der Waals surface area contributed by atoms with Gasteiger partial charge >= 0.3 is 0 Å². The topological polar surface area (TPSA) is 58.9 Å². The third-order valence-corrected chi connectivity index (χ3v) is 18.2. The summed E-state index contributed by atoms with van der Waals surface area (Å²) in [4.78, 5) is 0. The largest absolute Gasteiger partial charge is 0.507 e. The van der Waals surface area contributed by atoms with Crippen LogP contribution in [0.15, 0.2) is 194 Å². The van der Waals surface area contributed by atoms with Gasteiger partial charge in [0, 0.05) is 39.8 Å². The highest BCUT2D eigenvalue weighted by Crippen LogP contribution is 2.50. The molecular weight excluding hydrogens is 1110 g/mol. The normalized spacial score (nSPS) is 12.7. The SMILES string of the molecule is Cc1ccc(O[C@H](C)C[C@H](C)Oc2ccc(C)cc2-c2cc(C(C)(C)C)cc(-c3cc(-c4ccccc4C(C)C)cc(-c4ccccc4C(C)C)c3)c2O)c(-c2cc(C(C)(C)C)cc(-c3cc(-c4ccccc4C(C)C)cc(-c4ccccc4C(C)C)c3)c2O)c1. The van der Waals surface area contributed by atoms with Crippen molar-refractivity contribution in [2.75, 3.05) is 0 Å². The third kappa shape index (κ3) is 14.3. The molecule has 0 aliphatic rings. The van der Waals surface area contributed by atoms with E-state index in [0.29, 0.717) is 41.6 Å². The average molecular weight is 1210 g/mol. The second kappa shape index (κ2) is 26.7. The lowest BCUT2D eigenvalue weighted by Gasteiger charge is -2.26. The highest BCUT2D eigenvalue weighted by atomic mass is 16.5. The lowest BCUT2D eigenvalue weighted by Crippen LogP contribution is -2.23. The van der Waals surface area contributed by atoms with Gasteiger partial charge in [-0.3, -0.25) is 0 Å². The van der Waals surface area contributed by atoms with E-state index in [4.69, 9.17) is 9.47 Å². The predicted molar refractivity (Wildman–Crippen MR) is 388 cm³/mol. The van der Waals surface area contributed by atoms with Crippen molar-refractivity contribution in [3.8, 4) is 112 Å². The molecule has 0 saturated heterocycles. The summed E-state index contributed by atoms with van der Waals surface area (Å²) in [5.41, 5.74) is 24.7. The van der Waals surface area contributed by atoms with Gasteiger partial charge in [-0.25, -0.2) is 0 Å². The van der Waals surface area contributed by atoms with Crippen LogP contribution in [0.25, 0.3) is 89.0 Å². The van der Waals surface area contributed by atoms with Gasteiger partial charge < -0.3 is 19.7 Å². The standard InChI is InChI=1S/C87H96O4/c1-52(2)68-27-19-23-31-72(68)60-42-61(73-32-24-20-28-69(73)53(3)4)45-64(44-60)76-48-66(86(13,14)15)50-80(84(76)88)78-39-56(9)35-37-82(78)90-58(11)41-59(12)91-83-38-36-57(10)40-79(83)81-51-67(87(16,17)18)49-77(85(81)89)65-46-62(74-33-25-21-29-70(74)54(5)6)43-63(47-65)75-34-26-22-30-71(75)55(7)8/h19-40,42-55,58-59,88-89H,41H2,1-18H3/t58-,59+. The molecule has 0 heterocycles. The number of aromatic hydroxyl groups is 2. The highest BCUT2D eigenvalue weighted by Gasteiger charge is 2.28. The second-order valence-electron chi connectivity index (χ2n) is 29.0. The van der Waals surface area contributed by atoms with Gasteiger partial charge in [0.1, 0.15) is 23.0 Å². The number of hydrogen-bond donors (Lipinski definition) is 2. The fraction of sp³-hybridized carbons (Fsp3) is 0.310. The van der Waals surface area contributed by atoms with Crippen molar-refractivity contribution in [2.45, 2.75) is 178 Å². The van der Waals surface area contributed by atoms with Crippen LogP contribution < -0.4 is 9.47 Å². The maximum absolute atomic E-state index is 13.0. The molecule has 2 atom stereocenters. The van der Waals surface area contributed by atoms with E-state index in [1.165, 1.54) is 44.5 Å². The van der Waals surface area contributed by atoms with E-state index in [9.17, 15) is 10.2 Å². The van der Waals surface area contributed by atoms with Gasteiger partial charge in [-0.15, -0.1) is 0 Å². The van der Waals surface area contributed by atoms with Gasteiger partial charge in [0.15, 0.2) is 0 Å². The molecule has 10 rings (SSSR count). The molecule has 4 heteroatoms. The maximum Gasteiger partial charge on any atom is 0.131 e. The number of phenolic OH excluding ortho intramolecular Hbond substituents is 2. The summed E-state index contributed by atoms with van der Waals surface area (Å²) < 4.78 is 14.2. The molecule has 0 saturated carbocycles. The van der Waals surface area contributed by atoms with E-state index in [1.807, 2.05) is 12.1 Å². The van der Waals surface area contributed by atoms with Gasteiger partial charge in [-0.2, -0.15) is 0 Å². The van der Waals surface area contributed by atoms with Crippen LogP contribution in [0.2, 0.25) is 0 Å². The van der Waals surface area contributed by atoms with Gasteiger partial charge in [-0.1, -0.05) is 217 Å². The van der Waals surface area contributed by atoms with E-state index in [0.717, 1.165) is 89.0 Å². The summed E-state index contributed by atoms with van der Waals surface area (Å²) in [5, 5.41) is 26.1. The Morgan fingerprint density at radius 1 is 0.297 bits per heavy atom. The number of benzene rings is 10. The molecule has 0 aliphatic carbocycles. The van der Waals surface area contributed by atoms with Crippen LogP contribution in [0.4, 0.5) is 0 Å². The van der Waals surface area contributed by atoms with Crippen molar-refractivity contribution in [3.63, 3.8) is 0 Å². The first-order valence-corrected chi connectivity index (χ1v) is 33.1. The molecule has 0 amide bonds. The molecule has 0 bridgehead atoms. The molecule has 91 heavy (non-hydrogen) atoms. The number of ether oxygens (including phenoxy) is 2. The summed E-state index contributed by atoms with van der Waals surface area (Å²) in [5.74, 6) is 3.04. The van der Waals surface area contributed by atoms with Gasteiger partial charge in [0.25, 0.3) is 0 Å². The Morgan fingerprint density at radius 2 is 0.549 bits per heavy atom. The van der Waals surface area contributed by atoms with Crippen molar-refractivity contribution in [1.82, 2.24) is 0 Å². The summed E-state index contributed by atoms with van der Waals surface area (Å²) in [7, 11) is 0. The molecule has 2 N–H and O–H groups in total. The van der Waals surface area contributed by atoms with Gasteiger partial charge in [0.05, 0.1) is 12.2 Å². The first-order chi connectivity index (χ1) is 43.1. The Morgan fingerprint density at radius 3 is 0.813 bits per heavy atom. The molecule has 0 spiro atoms. The minimum atomic E-state index is -0.300. The smallest absolute Gasteiger partial charge is 0.131 e. The highest BCUT2D eigenvalue weighted by molar-refractivity contribution is 5.92. The van der Waals surface area contributed by atoms with Crippen LogP contribution in [-0.4, -0.2) is 22.4 Å². The molecular formula is C87H96O4. The first kappa shape index (κ1) is 65.4. The quantitative estimate of drug-likeness (QED) is 0.0899. The van der Waals surface area contributed by atoms with Crippen molar-refractivity contribution in [2.24, 2.45) is 0 Å². The number of aryl methyl sites for hydroxylation is 2. The molecule has 4 nitrogen and oxygen atoms in total. The molecule has 468 valence electrons. The molecule has 10 aromatic carbocycles. The van der Waals surface area contributed by atoms with Crippen molar-refractivity contribution in [1.29, 1.82) is 0 Å². The zero-order chi connectivity index (χ0) is 65.4. The summed E-state index contributed by atoms with van der Waals surface area (Å²) in [6.45, 7) is 39.8. The van der Waals surface area contributed by atoms with Crippen LogP contribution in [-0.2, 0) is 10.8 Å². The molecule has 0 fully saturated rings. The molecule has 0 unspecified atom stereocenters. The minimum absolute atomic E-state index is 0.208. The summed E-state index contributed by atoms with van der Waals surface area (Å²) >= 11 is 0. The van der Waals surface area contributed by atoms with E-state index in [-0.39, 0.29) is 34.5 Å². The van der Waals surface area contributed by atoms with Crippen LogP contribution in [0, 0.1) is 13.8 Å². The Kier molecular flexibility index (Phi) is 19.2. The van der Waals surface area contributed by atoms with Gasteiger partial charge in [0.2, 0.25) is 0 Å². The van der Waals surface area contributed by atoms with E-state index < -0.39 is 0 Å². The molecule has 0 radical (unpaired) electrons. The molecule has 0 aromatic heterocycles.